The molecule has 0 saturated carbocycles. The van der Waals surface area contributed by atoms with Crippen LogP contribution in [0.25, 0.3) is 0 Å². The molecule has 1 aromatic heterocycles. The number of ether oxygens (including phenoxy) is 1. The molecule has 2 amide bonds. The molecule has 0 atom stereocenters. The lowest BCUT2D eigenvalue weighted by Gasteiger charge is -2.34. The molecule has 2 rings (SSSR count). The summed E-state index contributed by atoms with van der Waals surface area (Å²) >= 11 is 0. The molecule has 1 aliphatic rings. The molecule has 1 fully saturated rings. The normalized spacial score (nSPS) is 14.2. The fraction of sp³-hybridized carbons (Fsp3) is 0.667. The Morgan fingerprint density at radius 2 is 1.85 bits per heavy atom. The minimum absolute atomic E-state index is 0.0945. The molecule has 0 aromatic carbocycles. The number of hydrogen-bond donors (Lipinski definition) is 0. The highest BCUT2D eigenvalue weighted by molar-refractivity contribution is 5.77. The van der Waals surface area contributed by atoms with Crippen molar-refractivity contribution in [2.24, 2.45) is 0 Å². The average molecular weight is 361 g/mol. The van der Waals surface area contributed by atoms with Gasteiger partial charge < -0.3 is 14.5 Å². The van der Waals surface area contributed by atoms with E-state index in [9.17, 15) is 9.59 Å². The molecule has 1 aromatic rings. The van der Waals surface area contributed by atoms with Gasteiger partial charge in [-0.3, -0.25) is 9.48 Å². The standard InChI is InChI=1S/C18H27N5O3/c1-4-26-18(25)22-12-10-21(11-13-22)17(24)7-6-16-14(2)20-23(15(16)3)9-5-8-19/h4-7,9-13H2,1-3H3. The Hall–Kier alpha value is -2.56. The second-order valence-electron chi connectivity index (χ2n) is 6.35. The van der Waals surface area contributed by atoms with E-state index in [4.69, 9.17) is 10.00 Å². The summed E-state index contributed by atoms with van der Waals surface area (Å²) < 4.78 is 6.84. The molecule has 1 aliphatic heterocycles. The molecule has 0 spiro atoms. The van der Waals surface area contributed by atoms with E-state index in [-0.39, 0.29) is 12.0 Å². The Balaban J connectivity index is 1.85. The van der Waals surface area contributed by atoms with E-state index in [1.165, 1.54) is 0 Å². The number of carbonyl (C=O) groups is 2. The van der Waals surface area contributed by atoms with Crippen LogP contribution in [0.3, 0.4) is 0 Å². The topological polar surface area (TPSA) is 91.5 Å². The van der Waals surface area contributed by atoms with E-state index < -0.39 is 0 Å². The van der Waals surface area contributed by atoms with Crippen molar-refractivity contribution < 1.29 is 14.3 Å². The summed E-state index contributed by atoms with van der Waals surface area (Å²) in [6.45, 7) is 8.73. The molecule has 26 heavy (non-hydrogen) atoms. The maximum absolute atomic E-state index is 12.5. The Kier molecular flexibility index (Phi) is 7.01. The first-order valence-electron chi connectivity index (χ1n) is 9.07. The highest BCUT2D eigenvalue weighted by Gasteiger charge is 2.25. The van der Waals surface area contributed by atoms with Gasteiger partial charge in [-0.25, -0.2) is 4.79 Å². The van der Waals surface area contributed by atoms with Crippen LogP contribution in [-0.2, 0) is 22.5 Å². The van der Waals surface area contributed by atoms with Gasteiger partial charge in [0.15, 0.2) is 0 Å². The molecule has 1 saturated heterocycles. The van der Waals surface area contributed by atoms with E-state index in [2.05, 4.69) is 11.2 Å². The van der Waals surface area contributed by atoms with Crippen LogP contribution in [0.1, 0.15) is 36.7 Å². The van der Waals surface area contributed by atoms with Gasteiger partial charge in [0.2, 0.25) is 5.91 Å². The number of aromatic nitrogens is 2. The minimum atomic E-state index is -0.310. The number of carbonyl (C=O) groups excluding carboxylic acids is 2. The van der Waals surface area contributed by atoms with Gasteiger partial charge in [-0.15, -0.1) is 0 Å². The number of rotatable bonds is 6. The van der Waals surface area contributed by atoms with Gasteiger partial charge >= 0.3 is 6.09 Å². The number of aryl methyl sites for hydroxylation is 2. The highest BCUT2D eigenvalue weighted by atomic mass is 16.6. The van der Waals surface area contributed by atoms with Crippen LogP contribution in [0.2, 0.25) is 0 Å². The summed E-state index contributed by atoms with van der Waals surface area (Å²) in [7, 11) is 0. The molecule has 8 nitrogen and oxygen atoms in total. The molecule has 142 valence electrons. The van der Waals surface area contributed by atoms with E-state index in [1.54, 1.807) is 16.7 Å². The van der Waals surface area contributed by atoms with Crippen molar-refractivity contribution in [1.82, 2.24) is 19.6 Å². The molecule has 0 aliphatic carbocycles. The predicted octanol–water partition coefficient (Wildman–Crippen LogP) is 1.65. The maximum Gasteiger partial charge on any atom is 0.409 e. The van der Waals surface area contributed by atoms with Crippen molar-refractivity contribution in [1.29, 1.82) is 5.26 Å². The molecular weight excluding hydrogens is 334 g/mol. The minimum Gasteiger partial charge on any atom is -0.450 e. The van der Waals surface area contributed by atoms with Crippen LogP contribution in [0, 0.1) is 25.2 Å². The zero-order chi connectivity index (χ0) is 19.1. The number of nitrogens with zero attached hydrogens (tertiary/aromatic N) is 5. The van der Waals surface area contributed by atoms with E-state index in [1.807, 2.05) is 18.5 Å². The molecule has 0 bridgehead atoms. The first-order chi connectivity index (χ1) is 12.5. The van der Waals surface area contributed by atoms with E-state index in [0.29, 0.717) is 58.6 Å². The van der Waals surface area contributed by atoms with Crippen LogP contribution in [0.15, 0.2) is 0 Å². The second kappa shape index (κ2) is 9.22. The van der Waals surface area contributed by atoms with Crippen LogP contribution >= 0.6 is 0 Å². The lowest BCUT2D eigenvalue weighted by molar-refractivity contribution is -0.132. The molecule has 2 heterocycles. The third-order valence-corrected chi connectivity index (χ3v) is 4.71. The fourth-order valence-corrected chi connectivity index (χ4v) is 3.21. The van der Waals surface area contributed by atoms with Crippen molar-refractivity contribution in [3.63, 3.8) is 0 Å². The average Bonchev–Trinajstić information content (AvgIpc) is 2.91. The summed E-state index contributed by atoms with van der Waals surface area (Å²) in [5.41, 5.74) is 3.03. The van der Waals surface area contributed by atoms with Gasteiger partial charge in [-0.1, -0.05) is 0 Å². The van der Waals surface area contributed by atoms with Crippen LogP contribution in [-0.4, -0.2) is 64.4 Å². The largest absolute Gasteiger partial charge is 0.450 e. The van der Waals surface area contributed by atoms with Crippen molar-refractivity contribution in [3.05, 3.63) is 17.0 Å². The zero-order valence-electron chi connectivity index (χ0n) is 15.8. The van der Waals surface area contributed by atoms with E-state index in [0.717, 1.165) is 17.0 Å². The molecule has 0 N–H and O–H groups in total. The Labute approximate surface area is 154 Å². The van der Waals surface area contributed by atoms with Crippen molar-refractivity contribution in [2.75, 3.05) is 32.8 Å². The first-order valence-corrected chi connectivity index (χ1v) is 9.07. The van der Waals surface area contributed by atoms with Crippen LogP contribution in [0.4, 0.5) is 4.79 Å². The third-order valence-electron chi connectivity index (χ3n) is 4.71. The summed E-state index contributed by atoms with van der Waals surface area (Å²) in [5.74, 6) is 0.0945. The highest BCUT2D eigenvalue weighted by Crippen LogP contribution is 2.16. The third kappa shape index (κ3) is 4.75. The van der Waals surface area contributed by atoms with Crippen LogP contribution < -0.4 is 0 Å². The van der Waals surface area contributed by atoms with Gasteiger partial charge in [0.1, 0.15) is 0 Å². The smallest absolute Gasteiger partial charge is 0.409 e. The van der Waals surface area contributed by atoms with Gasteiger partial charge in [0.05, 0.1) is 31.3 Å². The maximum atomic E-state index is 12.5. The second-order valence-corrected chi connectivity index (χ2v) is 6.35. The molecule has 0 radical (unpaired) electrons. The Morgan fingerprint density at radius 1 is 1.19 bits per heavy atom. The van der Waals surface area contributed by atoms with Crippen molar-refractivity contribution in [3.8, 4) is 6.07 Å². The summed E-state index contributed by atoms with van der Waals surface area (Å²) in [5, 5.41) is 13.2. The first kappa shape index (κ1) is 19.8. The van der Waals surface area contributed by atoms with Gasteiger partial charge in [-0.05, 0) is 32.8 Å². The Morgan fingerprint density at radius 3 is 2.46 bits per heavy atom. The number of hydrogen-bond acceptors (Lipinski definition) is 5. The van der Waals surface area contributed by atoms with Gasteiger partial charge in [0, 0.05) is 38.3 Å². The van der Waals surface area contributed by atoms with E-state index >= 15 is 0 Å². The van der Waals surface area contributed by atoms with Crippen molar-refractivity contribution >= 4 is 12.0 Å². The number of amides is 2. The predicted molar refractivity (Wildman–Crippen MR) is 95.4 cm³/mol. The number of nitriles is 1. The fourth-order valence-electron chi connectivity index (χ4n) is 3.21. The SMILES string of the molecule is CCOC(=O)N1CCN(C(=O)CCc2c(C)nn(CCC#N)c2C)CC1. The monoisotopic (exact) mass is 361 g/mol. The van der Waals surface area contributed by atoms with Crippen LogP contribution in [0.5, 0.6) is 0 Å². The lowest BCUT2D eigenvalue weighted by Crippen LogP contribution is -2.50. The molecular formula is C18H27N5O3. The van der Waals surface area contributed by atoms with Gasteiger partial charge in [-0.2, -0.15) is 10.4 Å². The van der Waals surface area contributed by atoms with Crippen molar-refractivity contribution in [2.45, 2.75) is 46.6 Å². The number of piperazine rings is 1. The molecule has 0 unspecified atom stereocenters. The molecule has 8 heteroatoms. The summed E-state index contributed by atoms with van der Waals surface area (Å²) in [4.78, 5) is 27.7. The lowest BCUT2D eigenvalue weighted by atomic mass is 10.1. The quantitative estimate of drug-likeness (QED) is 0.768. The summed E-state index contributed by atoms with van der Waals surface area (Å²) in [6, 6.07) is 2.13. The zero-order valence-corrected chi connectivity index (χ0v) is 15.8. The van der Waals surface area contributed by atoms with Gasteiger partial charge in [0.25, 0.3) is 0 Å². The summed E-state index contributed by atoms with van der Waals surface area (Å²) in [6.07, 6.45) is 1.17. The Bertz CT molecular complexity index is 684.